The molecule has 1 aliphatic heterocycles. The summed E-state index contributed by atoms with van der Waals surface area (Å²) < 4.78 is 12.1. The lowest BCUT2D eigenvalue weighted by atomic mass is 9.51. The molecule has 0 bridgehead atoms. The van der Waals surface area contributed by atoms with Crippen LogP contribution in [0.5, 0.6) is 17.2 Å². The Morgan fingerprint density at radius 2 is 1.86 bits per heavy atom. The van der Waals surface area contributed by atoms with Gasteiger partial charge in [0.2, 0.25) is 0 Å². The summed E-state index contributed by atoms with van der Waals surface area (Å²) in [6, 6.07) is 12.7. The summed E-state index contributed by atoms with van der Waals surface area (Å²) in [6.07, 6.45) is 10.1. The van der Waals surface area contributed by atoms with Gasteiger partial charge in [-0.1, -0.05) is 26.0 Å². The van der Waals surface area contributed by atoms with Crippen molar-refractivity contribution in [3.8, 4) is 17.2 Å². The Morgan fingerprint density at radius 1 is 1.03 bits per heavy atom. The first-order chi connectivity index (χ1) is 18.0. The van der Waals surface area contributed by atoms with Crippen molar-refractivity contribution in [3.05, 3.63) is 53.1 Å². The molecule has 4 aliphatic rings. The van der Waals surface area contributed by atoms with Gasteiger partial charge in [-0.3, -0.25) is 4.90 Å². The third-order valence-electron chi connectivity index (χ3n) is 10.8. The van der Waals surface area contributed by atoms with Gasteiger partial charge >= 0.3 is 0 Å². The van der Waals surface area contributed by atoms with Crippen molar-refractivity contribution in [1.29, 1.82) is 0 Å². The lowest BCUT2D eigenvalue weighted by Gasteiger charge is -2.53. The molecule has 4 nitrogen and oxygen atoms in total. The fourth-order valence-corrected chi connectivity index (χ4v) is 8.99. The van der Waals surface area contributed by atoms with E-state index >= 15 is 0 Å². The molecule has 0 amide bonds. The number of phenols is 1. The van der Waals surface area contributed by atoms with Crippen molar-refractivity contribution < 1.29 is 14.6 Å². The highest BCUT2D eigenvalue weighted by atomic mass is 16.5. The van der Waals surface area contributed by atoms with Crippen molar-refractivity contribution in [3.63, 3.8) is 0 Å². The van der Waals surface area contributed by atoms with Crippen LogP contribution in [0.2, 0.25) is 0 Å². The van der Waals surface area contributed by atoms with Crippen LogP contribution in [0.25, 0.3) is 0 Å². The predicted molar refractivity (Wildman–Crippen MR) is 148 cm³/mol. The highest BCUT2D eigenvalue weighted by Gasteiger charge is 2.55. The van der Waals surface area contributed by atoms with Crippen LogP contribution in [0.3, 0.4) is 0 Å². The minimum Gasteiger partial charge on any atom is -0.508 e. The maximum Gasteiger partial charge on any atom is 0.161 e. The largest absolute Gasteiger partial charge is 0.508 e. The normalized spacial score (nSPS) is 33.0. The Bertz CT molecular complexity index is 1110. The van der Waals surface area contributed by atoms with Gasteiger partial charge in [-0.25, -0.2) is 0 Å². The first-order valence-corrected chi connectivity index (χ1v) is 14.8. The molecule has 1 saturated heterocycles. The number of methoxy groups -OCH3 is 1. The van der Waals surface area contributed by atoms with E-state index in [9.17, 15) is 5.11 Å². The number of hydrogen-bond acceptors (Lipinski definition) is 4. The number of phenolic OH excluding ortho intramolecular Hbond substituents is 1. The van der Waals surface area contributed by atoms with E-state index in [-0.39, 0.29) is 0 Å². The Hall–Kier alpha value is -2.20. The molecule has 4 heteroatoms. The SMILES string of the molecule is COc1cc(CN2CCCC2)ccc1OCCC1CCC2C3C(CCC12C)c1ccc(O)cc1C[C@H]3C. The second-order valence-electron chi connectivity index (χ2n) is 12.8. The average Bonchev–Trinajstić information content (AvgIpc) is 3.52. The van der Waals surface area contributed by atoms with Crippen LogP contribution in [-0.4, -0.2) is 36.8 Å². The van der Waals surface area contributed by atoms with Crippen LogP contribution < -0.4 is 9.47 Å². The quantitative estimate of drug-likeness (QED) is 0.434. The summed E-state index contributed by atoms with van der Waals surface area (Å²) in [6.45, 7) is 9.24. The van der Waals surface area contributed by atoms with Crippen LogP contribution >= 0.6 is 0 Å². The molecule has 3 fully saturated rings. The zero-order chi connectivity index (χ0) is 25.6. The minimum atomic E-state index is 0.414. The van der Waals surface area contributed by atoms with Crippen molar-refractivity contribution in [2.45, 2.75) is 77.7 Å². The number of hydrogen-bond donors (Lipinski definition) is 1. The predicted octanol–water partition coefficient (Wildman–Crippen LogP) is 7.18. The second kappa shape index (κ2) is 10.2. The lowest BCUT2D eigenvalue weighted by Crippen LogP contribution is -2.45. The van der Waals surface area contributed by atoms with Crippen molar-refractivity contribution in [2.24, 2.45) is 29.1 Å². The molecule has 0 aromatic heterocycles. The highest BCUT2D eigenvalue weighted by molar-refractivity contribution is 5.43. The van der Waals surface area contributed by atoms with E-state index < -0.39 is 0 Å². The van der Waals surface area contributed by atoms with Gasteiger partial charge in [0.1, 0.15) is 5.75 Å². The van der Waals surface area contributed by atoms with Crippen molar-refractivity contribution in [2.75, 3.05) is 26.8 Å². The molecule has 200 valence electrons. The van der Waals surface area contributed by atoms with Gasteiger partial charge in [0.25, 0.3) is 0 Å². The van der Waals surface area contributed by atoms with E-state index in [4.69, 9.17) is 9.47 Å². The zero-order valence-electron chi connectivity index (χ0n) is 23.0. The summed E-state index contributed by atoms with van der Waals surface area (Å²) in [4.78, 5) is 2.52. The van der Waals surface area contributed by atoms with Gasteiger partial charge in [0.05, 0.1) is 13.7 Å². The first-order valence-electron chi connectivity index (χ1n) is 14.8. The number of rotatable bonds is 7. The van der Waals surface area contributed by atoms with Gasteiger partial charge in [0.15, 0.2) is 11.5 Å². The summed E-state index contributed by atoms with van der Waals surface area (Å²) in [5.41, 5.74) is 4.64. The number of likely N-dealkylation sites (tertiary alicyclic amines) is 1. The maximum absolute atomic E-state index is 10.0. The number of fused-ring (bicyclic) bond motifs is 5. The number of ether oxygens (including phenoxy) is 2. The van der Waals surface area contributed by atoms with E-state index in [1.807, 2.05) is 12.1 Å². The van der Waals surface area contributed by atoms with E-state index in [2.05, 4.69) is 43.0 Å². The Morgan fingerprint density at radius 3 is 2.68 bits per heavy atom. The Labute approximate surface area is 223 Å². The molecule has 5 unspecified atom stereocenters. The maximum atomic E-state index is 10.0. The summed E-state index contributed by atoms with van der Waals surface area (Å²) in [5, 5.41) is 10.0. The number of benzene rings is 2. The summed E-state index contributed by atoms with van der Waals surface area (Å²) in [7, 11) is 1.76. The van der Waals surface area contributed by atoms with Gasteiger partial charge < -0.3 is 14.6 Å². The van der Waals surface area contributed by atoms with Gasteiger partial charge in [0, 0.05) is 6.54 Å². The van der Waals surface area contributed by atoms with Gasteiger partial charge in [-0.15, -0.1) is 0 Å². The smallest absolute Gasteiger partial charge is 0.161 e. The highest BCUT2D eigenvalue weighted by Crippen LogP contribution is 2.64. The van der Waals surface area contributed by atoms with Crippen LogP contribution in [-0.2, 0) is 13.0 Å². The summed E-state index contributed by atoms with van der Waals surface area (Å²) in [5.74, 6) is 5.82. The van der Waals surface area contributed by atoms with E-state index in [0.29, 0.717) is 23.0 Å². The minimum absolute atomic E-state index is 0.414. The third-order valence-corrected chi connectivity index (χ3v) is 10.8. The van der Waals surface area contributed by atoms with Crippen LogP contribution in [0, 0.1) is 29.1 Å². The third kappa shape index (κ3) is 4.64. The fourth-order valence-electron chi connectivity index (χ4n) is 8.99. The molecule has 1 N–H and O–H groups in total. The summed E-state index contributed by atoms with van der Waals surface area (Å²) >= 11 is 0. The fraction of sp³-hybridized carbons (Fsp3) is 0.636. The number of aromatic hydroxyl groups is 1. The molecule has 2 aromatic carbocycles. The second-order valence-corrected chi connectivity index (χ2v) is 12.8. The van der Waals surface area contributed by atoms with E-state index in [1.54, 1.807) is 7.11 Å². The lowest BCUT2D eigenvalue weighted by molar-refractivity contribution is 0.000862. The molecule has 2 aromatic rings. The molecule has 6 atom stereocenters. The number of nitrogens with zero attached hydrogens (tertiary/aromatic N) is 1. The zero-order valence-corrected chi connectivity index (χ0v) is 23.0. The Balaban J connectivity index is 1.10. The topological polar surface area (TPSA) is 41.9 Å². The first kappa shape index (κ1) is 25.1. The molecule has 37 heavy (non-hydrogen) atoms. The molecular formula is C33H45NO3. The molecule has 1 heterocycles. The molecule has 3 aliphatic carbocycles. The van der Waals surface area contributed by atoms with Gasteiger partial charge in [-0.05, 0) is 140 Å². The van der Waals surface area contributed by atoms with E-state index in [0.717, 1.165) is 55.2 Å². The molecule has 6 rings (SSSR count). The molecule has 0 spiro atoms. The molecular weight excluding hydrogens is 458 g/mol. The van der Waals surface area contributed by atoms with Crippen molar-refractivity contribution in [1.82, 2.24) is 4.90 Å². The van der Waals surface area contributed by atoms with Crippen molar-refractivity contribution >= 4 is 0 Å². The monoisotopic (exact) mass is 503 g/mol. The Kier molecular flexibility index (Phi) is 6.90. The van der Waals surface area contributed by atoms with Crippen LogP contribution in [0.1, 0.15) is 81.4 Å². The average molecular weight is 504 g/mol. The van der Waals surface area contributed by atoms with Crippen LogP contribution in [0.4, 0.5) is 0 Å². The molecule has 2 saturated carbocycles. The van der Waals surface area contributed by atoms with Gasteiger partial charge in [-0.2, -0.15) is 0 Å². The standard InChI is InChI=1S/C33H45NO3/c1-22-18-24-20-26(35)8-9-27(24)28-12-14-33(2)25(7-10-29(33)32(22)28)13-17-37-30-11-6-23(19-31(30)36-3)21-34-15-4-5-16-34/h6,8-9,11,19-20,22,25,28-29,32,35H,4-5,7,10,12-18,21H2,1-3H3/t22-,25?,28?,29?,32?,33?/m1/s1. The molecule has 0 radical (unpaired) electrons. The van der Waals surface area contributed by atoms with Crippen LogP contribution in [0.15, 0.2) is 36.4 Å². The van der Waals surface area contributed by atoms with E-state index in [1.165, 1.54) is 68.3 Å².